The van der Waals surface area contributed by atoms with Gasteiger partial charge in [0.15, 0.2) is 0 Å². The molecule has 0 aromatic carbocycles. The molecule has 2 aliphatic rings. The summed E-state index contributed by atoms with van der Waals surface area (Å²) in [6.07, 6.45) is 2.85. The van der Waals surface area contributed by atoms with Crippen LogP contribution < -0.4 is 5.32 Å². The largest absolute Gasteiger partial charge is 0.379 e. The van der Waals surface area contributed by atoms with Crippen LogP contribution in [-0.4, -0.2) is 73.7 Å². The molecule has 0 saturated carbocycles. The van der Waals surface area contributed by atoms with Crippen molar-refractivity contribution in [2.75, 3.05) is 52.5 Å². The van der Waals surface area contributed by atoms with Crippen LogP contribution in [0.15, 0.2) is 11.6 Å². The summed E-state index contributed by atoms with van der Waals surface area (Å²) < 4.78 is 5.46. The summed E-state index contributed by atoms with van der Waals surface area (Å²) in [4.78, 5) is 16.8. The maximum absolute atomic E-state index is 11.7. The van der Waals surface area contributed by atoms with Crippen molar-refractivity contribution < 1.29 is 9.53 Å². The van der Waals surface area contributed by atoms with Gasteiger partial charge in [-0.2, -0.15) is 0 Å². The lowest BCUT2D eigenvalue weighted by Gasteiger charge is -2.43. The molecule has 0 aromatic rings. The summed E-state index contributed by atoms with van der Waals surface area (Å²) in [6.45, 7) is 16.4. The monoisotopic (exact) mass is 323 g/mol. The summed E-state index contributed by atoms with van der Waals surface area (Å²) in [7, 11) is 0. The lowest BCUT2D eigenvalue weighted by molar-refractivity contribution is -0.116. The summed E-state index contributed by atoms with van der Waals surface area (Å²) in [5, 5.41) is 3.03. The maximum atomic E-state index is 11.7. The van der Waals surface area contributed by atoms with Crippen LogP contribution in [-0.2, 0) is 9.53 Å². The van der Waals surface area contributed by atoms with Gasteiger partial charge in [-0.25, -0.2) is 0 Å². The molecule has 1 atom stereocenters. The molecule has 0 spiro atoms. The summed E-state index contributed by atoms with van der Waals surface area (Å²) in [5.41, 5.74) is 1.23. The molecule has 1 N–H and O–H groups in total. The molecule has 0 radical (unpaired) electrons. The lowest BCUT2D eigenvalue weighted by atomic mass is 10.0. The van der Waals surface area contributed by atoms with Crippen molar-refractivity contribution in [1.82, 2.24) is 15.1 Å². The number of ether oxygens (including phenoxy) is 1. The molecule has 2 rings (SSSR count). The van der Waals surface area contributed by atoms with Crippen molar-refractivity contribution in [2.45, 2.75) is 39.7 Å². The Morgan fingerprint density at radius 2 is 1.96 bits per heavy atom. The van der Waals surface area contributed by atoms with Crippen LogP contribution in [0.2, 0.25) is 0 Å². The third kappa shape index (κ3) is 5.90. The number of amides is 1. The highest BCUT2D eigenvalue weighted by Crippen LogP contribution is 2.22. The van der Waals surface area contributed by atoms with E-state index < -0.39 is 0 Å². The fourth-order valence-electron chi connectivity index (χ4n) is 3.60. The highest BCUT2D eigenvalue weighted by atomic mass is 16.5. The fraction of sp³-hybridized carbons (Fsp3) is 0.833. The Kier molecular flexibility index (Phi) is 6.62. The van der Waals surface area contributed by atoms with Gasteiger partial charge < -0.3 is 15.0 Å². The van der Waals surface area contributed by atoms with Crippen molar-refractivity contribution in [2.24, 2.45) is 5.92 Å². The minimum absolute atomic E-state index is 0.0390. The van der Waals surface area contributed by atoms with Crippen molar-refractivity contribution in [3.05, 3.63) is 11.6 Å². The van der Waals surface area contributed by atoms with Gasteiger partial charge in [0.1, 0.15) is 0 Å². The van der Waals surface area contributed by atoms with Crippen LogP contribution in [0.1, 0.15) is 34.1 Å². The number of likely N-dealkylation sites (tertiary alicyclic amines) is 1. The maximum Gasteiger partial charge on any atom is 0.243 e. The van der Waals surface area contributed by atoms with E-state index in [0.29, 0.717) is 5.92 Å². The van der Waals surface area contributed by atoms with E-state index in [1.54, 1.807) is 6.08 Å². The van der Waals surface area contributed by atoms with Crippen molar-refractivity contribution in [1.29, 1.82) is 0 Å². The molecule has 0 aromatic heterocycles. The van der Waals surface area contributed by atoms with Gasteiger partial charge in [-0.1, -0.05) is 5.57 Å². The molecule has 2 aliphatic heterocycles. The zero-order chi connectivity index (χ0) is 16.9. The number of carbonyl (C=O) groups excluding carboxylic acids is 1. The number of nitrogens with one attached hydrogen (secondary N) is 1. The number of allylic oxidation sites excluding steroid dienone is 1. The Morgan fingerprint density at radius 1 is 1.26 bits per heavy atom. The van der Waals surface area contributed by atoms with E-state index in [2.05, 4.69) is 29.0 Å². The highest BCUT2D eigenvalue weighted by Gasteiger charge is 2.33. The molecule has 0 bridgehead atoms. The third-order valence-corrected chi connectivity index (χ3v) is 4.83. The Labute approximate surface area is 141 Å². The van der Waals surface area contributed by atoms with E-state index in [1.807, 2.05) is 13.8 Å². The minimum atomic E-state index is 0.0390. The Balaban J connectivity index is 1.74. The number of morpholine rings is 1. The topological polar surface area (TPSA) is 44.8 Å². The van der Waals surface area contributed by atoms with Crippen LogP contribution in [0.4, 0.5) is 0 Å². The predicted octanol–water partition coefficient (Wildman–Crippen LogP) is 1.50. The van der Waals surface area contributed by atoms with Gasteiger partial charge in [0, 0.05) is 44.3 Å². The zero-order valence-electron chi connectivity index (χ0n) is 15.2. The number of nitrogens with zero attached hydrogens (tertiary/aromatic N) is 2. The molecule has 2 fully saturated rings. The van der Waals surface area contributed by atoms with E-state index in [0.717, 1.165) is 58.1 Å². The van der Waals surface area contributed by atoms with Crippen LogP contribution in [0, 0.1) is 5.92 Å². The van der Waals surface area contributed by atoms with Gasteiger partial charge >= 0.3 is 0 Å². The van der Waals surface area contributed by atoms with Gasteiger partial charge in [0.05, 0.1) is 13.2 Å². The Hall–Kier alpha value is -0.910. The quantitative estimate of drug-likeness (QED) is 0.753. The molecule has 23 heavy (non-hydrogen) atoms. The first-order valence-corrected chi connectivity index (χ1v) is 8.85. The zero-order valence-corrected chi connectivity index (χ0v) is 15.2. The number of carbonyl (C=O) groups is 1. The van der Waals surface area contributed by atoms with E-state index in [1.165, 1.54) is 6.42 Å². The second-order valence-corrected chi connectivity index (χ2v) is 7.77. The molecule has 0 aliphatic carbocycles. The van der Waals surface area contributed by atoms with E-state index in [9.17, 15) is 4.79 Å². The van der Waals surface area contributed by atoms with E-state index >= 15 is 0 Å². The Morgan fingerprint density at radius 3 is 2.61 bits per heavy atom. The number of hydrogen-bond donors (Lipinski definition) is 1. The average Bonchev–Trinajstić information content (AvgIpc) is 2.92. The van der Waals surface area contributed by atoms with Gasteiger partial charge in [-0.05, 0) is 46.6 Å². The second-order valence-electron chi connectivity index (χ2n) is 7.77. The van der Waals surface area contributed by atoms with Crippen LogP contribution >= 0.6 is 0 Å². The second kappa shape index (κ2) is 8.27. The molecule has 132 valence electrons. The molecule has 1 amide bonds. The van der Waals surface area contributed by atoms with Gasteiger partial charge in [-0.15, -0.1) is 0 Å². The van der Waals surface area contributed by atoms with Crippen LogP contribution in [0.5, 0.6) is 0 Å². The van der Waals surface area contributed by atoms with E-state index in [4.69, 9.17) is 4.74 Å². The van der Waals surface area contributed by atoms with E-state index in [-0.39, 0.29) is 11.4 Å². The first kappa shape index (κ1) is 18.4. The molecule has 2 saturated heterocycles. The standard InChI is InChI=1S/C18H33N3O2/c1-15(2)11-17(22)19-12-16-5-6-20(13-16)14-18(3,4)21-7-9-23-10-8-21/h11,16H,5-10,12-14H2,1-4H3,(H,19,22). The molecule has 2 heterocycles. The normalized spacial score (nSPS) is 23.7. The first-order valence-electron chi connectivity index (χ1n) is 8.85. The van der Waals surface area contributed by atoms with Gasteiger partial charge in [0.2, 0.25) is 5.91 Å². The molecular formula is C18H33N3O2. The summed E-state index contributed by atoms with van der Waals surface area (Å²) in [6, 6.07) is 0. The molecule has 1 unspecified atom stereocenters. The fourth-order valence-corrected chi connectivity index (χ4v) is 3.60. The number of rotatable bonds is 6. The predicted molar refractivity (Wildman–Crippen MR) is 93.5 cm³/mol. The smallest absolute Gasteiger partial charge is 0.243 e. The summed E-state index contributed by atoms with van der Waals surface area (Å²) in [5.74, 6) is 0.613. The third-order valence-electron chi connectivity index (χ3n) is 4.83. The van der Waals surface area contributed by atoms with Crippen molar-refractivity contribution in [3.63, 3.8) is 0 Å². The van der Waals surface area contributed by atoms with Crippen LogP contribution in [0.3, 0.4) is 0 Å². The molecule has 5 heteroatoms. The first-order chi connectivity index (χ1) is 10.9. The highest BCUT2D eigenvalue weighted by molar-refractivity contribution is 5.87. The van der Waals surface area contributed by atoms with Crippen molar-refractivity contribution >= 4 is 5.91 Å². The SMILES string of the molecule is CC(C)=CC(=O)NCC1CCN(CC(C)(C)N2CCOCC2)C1. The molecular weight excluding hydrogens is 290 g/mol. The minimum Gasteiger partial charge on any atom is -0.379 e. The van der Waals surface area contributed by atoms with Gasteiger partial charge in [0.25, 0.3) is 0 Å². The Bertz CT molecular complexity index is 424. The lowest BCUT2D eigenvalue weighted by Crippen LogP contribution is -2.55. The van der Waals surface area contributed by atoms with Gasteiger partial charge in [-0.3, -0.25) is 9.69 Å². The number of hydrogen-bond acceptors (Lipinski definition) is 4. The molecule has 5 nitrogen and oxygen atoms in total. The average molecular weight is 323 g/mol. The van der Waals surface area contributed by atoms with Crippen molar-refractivity contribution in [3.8, 4) is 0 Å². The summed E-state index contributed by atoms with van der Waals surface area (Å²) >= 11 is 0. The van der Waals surface area contributed by atoms with Crippen LogP contribution in [0.25, 0.3) is 0 Å².